The molecule has 1 fully saturated rings. The van der Waals surface area contributed by atoms with Crippen molar-refractivity contribution in [3.05, 3.63) is 72.3 Å². The SMILES string of the molecule is CCOC(=O)[C@H](Cc1ccc(Nc2nccc3ccncc23)cc1)NC1=CC(=O)C12CCOCC2. The fourth-order valence-corrected chi connectivity index (χ4v) is 4.71. The van der Waals surface area contributed by atoms with Crippen LogP contribution in [0.25, 0.3) is 10.8 Å². The largest absolute Gasteiger partial charge is 0.464 e. The number of rotatable bonds is 8. The number of nitrogens with one attached hydrogen (secondary N) is 2. The normalized spacial score (nSPS) is 17.4. The van der Waals surface area contributed by atoms with Crippen LogP contribution in [0.4, 0.5) is 11.5 Å². The number of carbonyl (C=O) groups excluding carboxylic acids is 2. The summed E-state index contributed by atoms with van der Waals surface area (Å²) >= 11 is 0. The molecule has 8 nitrogen and oxygen atoms in total. The number of fused-ring (bicyclic) bond motifs is 1. The van der Waals surface area contributed by atoms with Crippen molar-refractivity contribution in [1.29, 1.82) is 0 Å². The van der Waals surface area contributed by atoms with Gasteiger partial charge in [-0.25, -0.2) is 9.78 Å². The maximum absolute atomic E-state index is 12.8. The highest BCUT2D eigenvalue weighted by molar-refractivity contribution is 6.05. The van der Waals surface area contributed by atoms with Gasteiger partial charge in [0.2, 0.25) is 0 Å². The van der Waals surface area contributed by atoms with Gasteiger partial charge >= 0.3 is 5.97 Å². The van der Waals surface area contributed by atoms with Gasteiger partial charge in [0.05, 0.1) is 12.0 Å². The minimum atomic E-state index is -0.585. The molecule has 0 amide bonds. The minimum absolute atomic E-state index is 0.110. The molecular formula is C27H28N4O4. The van der Waals surface area contributed by atoms with Gasteiger partial charge in [-0.2, -0.15) is 0 Å². The minimum Gasteiger partial charge on any atom is -0.464 e. The third-order valence-corrected chi connectivity index (χ3v) is 6.73. The van der Waals surface area contributed by atoms with E-state index < -0.39 is 11.5 Å². The lowest BCUT2D eigenvalue weighted by Gasteiger charge is -2.44. The van der Waals surface area contributed by atoms with Crippen LogP contribution in [0.15, 0.2) is 66.8 Å². The highest BCUT2D eigenvalue weighted by atomic mass is 16.5. The smallest absolute Gasteiger partial charge is 0.328 e. The van der Waals surface area contributed by atoms with Crippen LogP contribution >= 0.6 is 0 Å². The number of esters is 1. The lowest BCUT2D eigenvalue weighted by molar-refractivity contribution is -0.146. The van der Waals surface area contributed by atoms with Crippen LogP contribution in [-0.4, -0.2) is 47.6 Å². The molecule has 0 bridgehead atoms. The molecule has 1 aromatic carbocycles. The predicted molar refractivity (Wildman–Crippen MR) is 132 cm³/mol. The number of hydrogen-bond donors (Lipinski definition) is 2. The molecule has 2 aromatic heterocycles. The van der Waals surface area contributed by atoms with Gasteiger partial charge in [0.1, 0.15) is 11.9 Å². The van der Waals surface area contributed by atoms with Crippen LogP contribution in [0.5, 0.6) is 0 Å². The molecule has 1 aliphatic heterocycles. The zero-order valence-corrected chi connectivity index (χ0v) is 19.6. The first-order valence-electron chi connectivity index (χ1n) is 11.9. The second-order valence-corrected chi connectivity index (χ2v) is 8.85. The summed E-state index contributed by atoms with van der Waals surface area (Å²) in [5, 5.41) is 8.68. The molecule has 180 valence electrons. The highest BCUT2D eigenvalue weighted by Gasteiger charge is 2.49. The highest BCUT2D eigenvalue weighted by Crippen LogP contribution is 2.45. The van der Waals surface area contributed by atoms with Crippen molar-refractivity contribution < 1.29 is 19.1 Å². The number of carbonyl (C=O) groups is 2. The van der Waals surface area contributed by atoms with Crippen molar-refractivity contribution >= 4 is 34.0 Å². The predicted octanol–water partition coefficient (Wildman–Crippen LogP) is 3.70. The van der Waals surface area contributed by atoms with Crippen LogP contribution in [-0.2, 0) is 25.5 Å². The van der Waals surface area contributed by atoms with Gasteiger partial charge in [-0.05, 0) is 55.0 Å². The number of anilines is 2. The Labute approximate surface area is 203 Å². The van der Waals surface area contributed by atoms with Gasteiger partial charge < -0.3 is 20.1 Å². The standard InChI is InChI=1S/C27H28N4O4/c1-2-35-26(33)22(31-23-16-24(32)27(23)9-13-34-14-10-27)15-18-3-5-20(6-4-18)30-25-21-17-28-11-7-19(21)8-12-29-25/h3-8,11-12,16-17,22,31H,2,9-10,13-15H2,1H3,(H,29,30)/t22-/m0/s1. The first-order chi connectivity index (χ1) is 17.1. The van der Waals surface area contributed by atoms with Crippen molar-refractivity contribution in [2.75, 3.05) is 25.1 Å². The van der Waals surface area contributed by atoms with Crippen LogP contribution < -0.4 is 10.6 Å². The van der Waals surface area contributed by atoms with E-state index in [1.807, 2.05) is 36.4 Å². The van der Waals surface area contributed by atoms with Gasteiger partial charge in [0, 0.05) is 61.1 Å². The molecule has 35 heavy (non-hydrogen) atoms. The van der Waals surface area contributed by atoms with Gasteiger partial charge in [0.25, 0.3) is 0 Å². The molecule has 1 spiro atoms. The number of ketones is 1. The van der Waals surface area contributed by atoms with Crippen LogP contribution in [0.1, 0.15) is 25.3 Å². The summed E-state index contributed by atoms with van der Waals surface area (Å²) in [4.78, 5) is 33.8. The first kappa shape index (κ1) is 23.0. The number of aromatic nitrogens is 2. The van der Waals surface area contributed by atoms with Crippen molar-refractivity contribution in [1.82, 2.24) is 15.3 Å². The Morgan fingerprint density at radius 3 is 2.66 bits per heavy atom. The molecule has 1 saturated heterocycles. The molecule has 3 aromatic rings. The van der Waals surface area contributed by atoms with Crippen molar-refractivity contribution in [3.63, 3.8) is 0 Å². The van der Waals surface area contributed by atoms with Gasteiger partial charge in [-0.15, -0.1) is 0 Å². The molecule has 8 heteroatoms. The topological polar surface area (TPSA) is 102 Å². The fourth-order valence-electron chi connectivity index (χ4n) is 4.71. The molecule has 1 atom stereocenters. The Morgan fingerprint density at radius 2 is 1.91 bits per heavy atom. The number of pyridine rings is 2. The number of benzene rings is 1. The lowest BCUT2D eigenvalue weighted by atomic mass is 9.66. The zero-order chi connectivity index (χ0) is 24.3. The molecule has 0 radical (unpaired) electrons. The van der Waals surface area contributed by atoms with E-state index in [4.69, 9.17) is 9.47 Å². The van der Waals surface area contributed by atoms with E-state index in [1.54, 1.807) is 31.6 Å². The average molecular weight is 473 g/mol. The molecular weight excluding hydrogens is 444 g/mol. The zero-order valence-electron chi connectivity index (χ0n) is 19.6. The Hall–Kier alpha value is -3.78. The molecule has 0 unspecified atom stereocenters. The summed E-state index contributed by atoms with van der Waals surface area (Å²) in [7, 11) is 0. The summed E-state index contributed by atoms with van der Waals surface area (Å²) in [6, 6.07) is 11.2. The van der Waals surface area contributed by atoms with E-state index in [9.17, 15) is 9.59 Å². The second-order valence-electron chi connectivity index (χ2n) is 8.85. The van der Waals surface area contributed by atoms with E-state index in [-0.39, 0.29) is 11.8 Å². The number of ether oxygens (including phenoxy) is 2. The van der Waals surface area contributed by atoms with E-state index in [1.165, 1.54) is 0 Å². The molecule has 2 N–H and O–H groups in total. The van der Waals surface area contributed by atoms with E-state index in [2.05, 4.69) is 20.6 Å². The molecule has 2 aliphatic rings. The third-order valence-electron chi connectivity index (χ3n) is 6.73. The van der Waals surface area contributed by atoms with Gasteiger partial charge in [-0.3, -0.25) is 9.78 Å². The quantitative estimate of drug-likeness (QED) is 0.479. The molecule has 3 heterocycles. The molecule has 1 aliphatic carbocycles. The molecule has 5 rings (SSSR count). The van der Waals surface area contributed by atoms with Crippen molar-refractivity contribution in [2.45, 2.75) is 32.2 Å². The Morgan fingerprint density at radius 1 is 1.14 bits per heavy atom. The van der Waals surface area contributed by atoms with Gasteiger partial charge in [-0.1, -0.05) is 12.1 Å². The fraction of sp³-hybridized carbons (Fsp3) is 0.333. The van der Waals surface area contributed by atoms with Crippen molar-refractivity contribution in [3.8, 4) is 0 Å². The maximum atomic E-state index is 12.8. The van der Waals surface area contributed by atoms with Gasteiger partial charge in [0.15, 0.2) is 5.78 Å². The Kier molecular flexibility index (Phi) is 6.46. The summed E-state index contributed by atoms with van der Waals surface area (Å²) in [5.41, 5.74) is 2.13. The average Bonchev–Trinajstić information content (AvgIpc) is 2.90. The van der Waals surface area contributed by atoms with E-state index in [0.29, 0.717) is 39.1 Å². The summed E-state index contributed by atoms with van der Waals surface area (Å²) in [6.45, 7) is 3.18. The summed E-state index contributed by atoms with van der Waals surface area (Å²) in [6.07, 6.45) is 8.63. The van der Waals surface area contributed by atoms with Crippen molar-refractivity contribution in [2.24, 2.45) is 5.41 Å². The van der Waals surface area contributed by atoms with E-state index in [0.717, 1.165) is 33.5 Å². The second kappa shape index (κ2) is 9.84. The number of allylic oxidation sites excluding steroid dienone is 2. The monoisotopic (exact) mass is 472 g/mol. The number of hydrogen-bond acceptors (Lipinski definition) is 8. The molecule has 0 saturated carbocycles. The van der Waals surface area contributed by atoms with E-state index >= 15 is 0 Å². The first-order valence-corrected chi connectivity index (χ1v) is 11.9. The lowest BCUT2D eigenvalue weighted by Crippen LogP contribution is -2.53. The summed E-state index contributed by atoms with van der Waals surface area (Å²) < 4.78 is 10.8. The Bertz CT molecular complexity index is 1260. The number of nitrogens with zero attached hydrogens (tertiary/aromatic N) is 2. The third kappa shape index (κ3) is 4.61. The van der Waals surface area contributed by atoms with Crippen LogP contribution in [0.3, 0.4) is 0 Å². The summed E-state index contributed by atoms with van der Waals surface area (Å²) in [5.74, 6) is 0.515. The Balaban J connectivity index is 1.30. The van der Waals surface area contributed by atoms with Crippen LogP contribution in [0, 0.1) is 5.41 Å². The van der Waals surface area contributed by atoms with Crippen LogP contribution in [0.2, 0.25) is 0 Å². The maximum Gasteiger partial charge on any atom is 0.328 e.